The molecule has 310 valence electrons. The first kappa shape index (κ1) is 43.5. The van der Waals surface area contributed by atoms with Gasteiger partial charge in [-0.2, -0.15) is 0 Å². The number of carboxylic acid groups (broad SMARTS) is 1. The standard InChI is InChI=1S/C29H40O4.C23H25N.ClH/c1-17-18-7-8-21-27(4,19(18)15-20(30)23(17)31)12-14-29(6)22-16-26(3,24(32)33)10-9-25(22,2)11-13-28(21,29)5;1-19(20-11-5-2-6-12-20)24-18-17-23(21-13-7-3-8-14-21)22-15-9-4-10-16-22;/h8,15,22,30-31H,7,9-14,16H2,1-6H3,(H,32,33);2-16,19,23-24H,17-18H2,1H3;1H. The van der Waals surface area contributed by atoms with Gasteiger partial charge in [-0.25, -0.2) is 0 Å². The SMILES string of the molecule is CC(NCCC(c1ccccc1)c1ccccc1)c1ccccc1.Cc1c(O)c(O)cc2c1CC=C1C2(C)CCC2(C)C3CC(C)(C(=O)O)CCC3(C)CCC12C.Cl. The minimum Gasteiger partial charge on any atom is -0.504 e. The van der Waals surface area contributed by atoms with Gasteiger partial charge in [0, 0.05) is 17.4 Å². The van der Waals surface area contributed by atoms with E-state index in [9.17, 15) is 20.1 Å². The molecule has 7 atom stereocenters. The van der Waals surface area contributed by atoms with Crippen LogP contribution in [0.4, 0.5) is 0 Å². The van der Waals surface area contributed by atoms with Gasteiger partial charge in [-0.3, -0.25) is 4.79 Å². The molecule has 4 aromatic carbocycles. The van der Waals surface area contributed by atoms with E-state index >= 15 is 0 Å². The molecule has 3 saturated carbocycles. The van der Waals surface area contributed by atoms with Crippen LogP contribution in [0.1, 0.15) is 138 Å². The zero-order valence-corrected chi connectivity index (χ0v) is 36.6. The zero-order valence-electron chi connectivity index (χ0n) is 35.8. The van der Waals surface area contributed by atoms with Crippen LogP contribution < -0.4 is 5.32 Å². The predicted octanol–water partition coefficient (Wildman–Crippen LogP) is 12.6. The Labute approximate surface area is 353 Å². The molecule has 0 heterocycles. The lowest BCUT2D eigenvalue weighted by Gasteiger charge is -2.69. The number of hydrogen-bond donors (Lipinski definition) is 4. The zero-order chi connectivity index (χ0) is 40.8. The van der Waals surface area contributed by atoms with Crippen molar-refractivity contribution in [3.05, 3.63) is 142 Å². The Kier molecular flexibility index (Phi) is 12.4. The normalized spacial score (nSPS) is 30.1. The lowest BCUT2D eigenvalue weighted by Crippen LogP contribution is -2.62. The third kappa shape index (κ3) is 7.51. The molecule has 0 amide bonds. The van der Waals surface area contributed by atoms with E-state index in [0.717, 1.165) is 75.5 Å². The molecule has 4 aliphatic rings. The topological polar surface area (TPSA) is 89.8 Å². The number of halogens is 1. The molecule has 4 aromatic rings. The van der Waals surface area contributed by atoms with E-state index in [1.54, 1.807) is 0 Å². The number of fused-ring (bicyclic) bond motifs is 7. The number of nitrogens with one attached hydrogen (secondary N) is 1. The van der Waals surface area contributed by atoms with Gasteiger partial charge in [0.2, 0.25) is 0 Å². The average Bonchev–Trinajstić information content (AvgIpc) is 3.21. The van der Waals surface area contributed by atoms with Gasteiger partial charge < -0.3 is 20.6 Å². The Morgan fingerprint density at radius 2 is 1.33 bits per heavy atom. The lowest BCUT2D eigenvalue weighted by molar-refractivity contribution is -0.177. The number of rotatable bonds is 8. The second kappa shape index (κ2) is 16.5. The number of phenols is 2. The monoisotopic (exact) mass is 803 g/mol. The van der Waals surface area contributed by atoms with Gasteiger partial charge in [0.15, 0.2) is 11.5 Å². The quantitative estimate of drug-likeness (QED) is 0.105. The molecular weight excluding hydrogens is 738 g/mol. The fourth-order valence-electron chi connectivity index (χ4n) is 12.1. The van der Waals surface area contributed by atoms with Gasteiger partial charge in [0.1, 0.15) is 0 Å². The fraction of sp³-hybridized carbons (Fsp3) is 0.481. The van der Waals surface area contributed by atoms with Gasteiger partial charge in [-0.15, -0.1) is 12.4 Å². The maximum Gasteiger partial charge on any atom is 0.309 e. The van der Waals surface area contributed by atoms with Crippen molar-refractivity contribution in [3.63, 3.8) is 0 Å². The van der Waals surface area contributed by atoms with Crippen molar-refractivity contribution < 1.29 is 20.1 Å². The number of aromatic hydroxyl groups is 2. The molecular formula is C52H66ClNO4. The molecule has 0 bridgehead atoms. The van der Waals surface area contributed by atoms with E-state index in [0.29, 0.717) is 17.9 Å². The minimum absolute atomic E-state index is 0. The van der Waals surface area contributed by atoms with E-state index in [1.165, 1.54) is 27.8 Å². The average molecular weight is 805 g/mol. The van der Waals surface area contributed by atoms with Crippen LogP contribution in [0.3, 0.4) is 0 Å². The summed E-state index contributed by atoms with van der Waals surface area (Å²) in [6.07, 6.45) is 11.1. The Morgan fingerprint density at radius 1 is 0.776 bits per heavy atom. The highest BCUT2D eigenvalue weighted by Gasteiger charge is 2.67. The summed E-state index contributed by atoms with van der Waals surface area (Å²) >= 11 is 0. The lowest BCUT2D eigenvalue weighted by atomic mass is 9.34. The summed E-state index contributed by atoms with van der Waals surface area (Å²) in [4.78, 5) is 12.3. The van der Waals surface area contributed by atoms with E-state index < -0.39 is 11.4 Å². The van der Waals surface area contributed by atoms with Crippen LogP contribution in [-0.4, -0.2) is 27.8 Å². The molecule has 0 aromatic heterocycles. The molecule has 0 radical (unpaired) electrons. The first-order valence-electron chi connectivity index (χ1n) is 21.4. The second-order valence-corrected chi connectivity index (χ2v) is 19.3. The van der Waals surface area contributed by atoms with Crippen molar-refractivity contribution in [1.82, 2.24) is 5.32 Å². The summed E-state index contributed by atoms with van der Waals surface area (Å²) in [7, 11) is 0. The summed E-state index contributed by atoms with van der Waals surface area (Å²) in [6, 6.07) is 34.5. The first-order valence-corrected chi connectivity index (χ1v) is 21.4. The van der Waals surface area contributed by atoms with Crippen molar-refractivity contribution in [1.29, 1.82) is 0 Å². The number of allylic oxidation sites excluding steroid dienone is 2. The van der Waals surface area contributed by atoms with Crippen LogP contribution in [0.15, 0.2) is 109 Å². The van der Waals surface area contributed by atoms with Crippen molar-refractivity contribution in [2.45, 2.75) is 124 Å². The third-order valence-corrected chi connectivity index (χ3v) is 16.2. The Morgan fingerprint density at radius 3 is 1.90 bits per heavy atom. The maximum absolute atomic E-state index is 12.3. The maximum atomic E-state index is 12.3. The molecule has 0 saturated heterocycles. The van der Waals surface area contributed by atoms with Crippen molar-refractivity contribution in [2.75, 3.05) is 6.54 Å². The molecule has 4 N–H and O–H groups in total. The van der Waals surface area contributed by atoms with Crippen LogP contribution in [0.5, 0.6) is 11.5 Å². The van der Waals surface area contributed by atoms with Gasteiger partial charge in [-0.1, -0.05) is 130 Å². The summed E-state index contributed by atoms with van der Waals surface area (Å²) in [5.41, 5.74) is 8.12. The molecule has 0 aliphatic heterocycles. The number of carboxylic acids is 1. The summed E-state index contributed by atoms with van der Waals surface area (Å²) in [5, 5.41) is 34.6. The summed E-state index contributed by atoms with van der Waals surface area (Å²) in [6.45, 7) is 16.7. The second-order valence-electron chi connectivity index (χ2n) is 19.3. The van der Waals surface area contributed by atoms with E-state index in [-0.39, 0.29) is 45.6 Å². The fourth-order valence-corrected chi connectivity index (χ4v) is 12.1. The van der Waals surface area contributed by atoms with Crippen molar-refractivity contribution >= 4 is 18.4 Å². The Bertz CT molecular complexity index is 2060. The third-order valence-electron chi connectivity index (χ3n) is 16.2. The molecule has 3 fully saturated rings. The number of phenolic OH excluding ortho intramolecular Hbond substituents is 2. The van der Waals surface area contributed by atoms with Crippen LogP contribution in [0.25, 0.3) is 0 Å². The Hall–Kier alpha value is -4.06. The molecule has 0 spiro atoms. The smallest absolute Gasteiger partial charge is 0.309 e. The van der Waals surface area contributed by atoms with Gasteiger partial charge in [0.25, 0.3) is 0 Å². The van der Waals surface area contributed by atoms with E-state index in [1.807, 2.05) is 19.9 Å². The van der Waals surface area contributed by atoms with E-state index in [2.05, 4.69) is 137 Å². The highest BCUT2D eigenvalue weighted by Crippen LogP contribution is 2.74. The largest absolute Gasteiger partial charge is 0.504 e. The van der Waals surface area contributed by atoms with Crippen molar-refractivity contribution in [3.8, 4) is 11.5 Å². The molecule has 7 unspecified atom stereocenters. The van der Waals surface area contributed by atoms with Crippen LogP contribution in [-0.2, 0) is 16.6 Å². The highest BCUT2D eigenvalue weighted by molar-refractivity contribution is 5.85. The minimum atomic E-state index is -0.641. The van der Waals surface area contributed by atoms with Crippen LogP contribution >= 0.6 is 12.4 Å². The summed E-state index contributed by atoms with van der Waals surface area (Å²) in [5.74, 6) is 0.151. The molecule has 5 nitrogen and oxygen atoms in total. The predicted molar refractivity (Wildman–Crippen MR) is 239 cm³/mol. The highest BCUT2D eigenvalue weighted by atomic mass is 35.5. The van der Waals surface area contributed by atoms with Crippen LogP contribution in [0, 0.1) is 34.5 Å². The van der Waals surface area contributed by atoms with Crippen molar-refractivity contribution in [2.24, 2.45) is 27.6 Å². The van der Waals surface area contributed by atoms with Gasteiger partial charge >= 0.3 is 5.97 Å². The van der Waals surface area contributed by atoms with Gasteiger partial charge in [-0.05, 0) is 147 Å². The number of carbonyl (C=O) groups is 1. The molecule has 58 heavy (non-hydrogen) atoms. The first-order chi connectivity index (χ1) is 27.1. The number of aliphatic carboxylic acids is 1. The number of hydrogen-bond acceptors (Lipinski definition) is 4. The van der Waals surface area contributed by atoms with Gasteiger partial charge in [0.05, 0.1) is 5.41 Å². The molecule has 6 heteroatoms. The summed E-state index contributed by atoms with van der Waals surface area (Å²) < 4.78 is 0. The van der Waals surface area contributed by atoms with E-state index in [4.69, 9.17) is 0 Å². The molecule has 4 aliphatic carbocycles. The molecule has 8 rings (SSSR count). The number of benzene rings is 4. The Balaban J connectivity index is 0.000000202. The van der Waals surface area contributed by atoms with Crippen LogP contribution in [0.2, 0.25) is 0 Å².